The minimum absolute atomic E-state index is 1.20. The molecular weight excluding hydrogens is 228 g/mol. The maximum atomic E-state index is 4.42. The first kappa shape index (κ1) is 10.4. The quantitative estimate of drug-likeness (QED) is 0.598. The van der Waals surface area contributed by atoms with E-state index in [2.05, 4.69) is 47.7 Å². The number of thiophene rings is 1. The minimum atomic E-state index is 1.20. The summed E-state index contributed by atoms with van der Waals surface area (Å²) in [6.07, 6.45) is 1.92. The first-order chi connectivity index (χ1) is 8.27. The summed E-state index contributed by atoms with van der Waals surface area (Å²) < 4.78 is 3.26. The number of hydrogen-bond acceptors (Lipinski definition) is 2. The molecule has 0 amide bonds. The molecule has 17 heavy (non-hydrogen) atoms. The third kappa shape index (κ3) is 1.63. The van der Waals surface area contributed by atoms with Crippen LogP contribution >= 0.6 is 11.3 Å². The minimum Gasteiger partial charge on any atom is -0.137 e. The van der Waals surface area contributed by atoms with Gasteiger partial charge >= 0.3 is 0 Å². The Balaban J connectivity index is 2.40. The number of nitrogens with zero attached hydrogens (tertiary/aromatic N) is 2. The molecule has 0 saturated carbocycles. The van der Waals surface area contributed by atoms with Gasteiger partial charge in [-0.25, -0.2) is 0 Å². The molecule has 84 valence electrons. The van der Waals surface area contributed by atoms with Crippen LogP contribution in [0.4, 0.5) is 0 Å². The van der Waals surface area contributed by atoms with E-state index in [9.17, 15) is 0 Å². The van der Waals surface area contributed by atoms with E-state index in [-0.39, 0.29) is 0 Å². The molecule has 3 rings (SSSR count). The van der Waals surface area contributed by atoms with Crippen LogP contribution in [0.1, 0.15) is 5.56 Å². The van der Waals surface area contributed by atoms with Crippen molar-refractivity contribution in [3.8, 4) is 11.3 Å². The second kappa shape index (κ2) is 3.93. The highest BCUT2D eigenvalue weighted by Crippen LogP contribution is 2.30. The molecule has 2 aromatic heterocycles. The highest BCUT2D eigenvalue weighted by molar-refractivity contribution is 7.17. The number of rotatable bonds is 1. The summed E-state index contributed by atoms with van der Waals surface area (Å²) in [6, 6.07) is 10.6. The van der Waals surface area contributed by atoms with Gasteiger partial charge in [0.05, 0.1) is 5.56 Å². The van der Waals surface area contributed by atoms with E-state index in [0.717, 1.165) is 0 Å². The number of hydrogen-bond donors (Lipinski definition) is 0. The van der Waals surface area contributed by atoms with Crippen LogP contribution in [0.2, 0.25) is 0 Å². The average molecular weight is 241 g/mol. The highest BCUT2D eigenvalue weighted by Gasteiger charge is 2.18. The van der Waals surface area contributed by atoms with E-state index in [1.165, 1.54) is 26.9 Å². The van der Waals surface area contributed by atoms with Crippen molar-refractivity contribution >= 4 is 21.4 Å². The maximum absolute atomic E-state index is 4.42. The van der Waals surface area contributed by atoms with Crippen molar-refractivity contribution in [2.45, 2.75) is 6.92 Å². The Bertz CT molecular complexity index is 686. The first-order valence-electron chi connectivity index (χ1n) is 5.56. The van der Waals surface area contributed by atoms with Crippen molar-refractivity contribution in [3.63, 3.8) is 0 Å². The number of aryl methyl sites for hydroxylation is 2. The first-order valence-corrected chi connectivity index (χ1v) is 6.44. The molecule has 0 bridgehead atoms. The fraction of sp³-hybridized carbons (Fsp3) is 0.143. The third-order valence-corrected chi connectivity index (χ3v) is 3.94. The Kier molecular flexibility index (Phi) is 2.41. The fourth-order valence-electron chi connectivity index (χ4n) is 2.10. The van der Waals surface area contributed by atoms with Gasteiger partial charge in [-0.3, -0.25) is 0 Å². The van der Waals surface area contributed by atoms with E-state index < -0.39 is 0 Å². The largest absolute Gasteiger partial charge is 0.256 e. The number of aromatic nitrogens is 2. The molecule has 0 saturated heterocycles. The summed E-state index contributed by atoms with van der Waals surface area (Å²) in [7, 11) is 2.00. The summed E-state index contributed by atoms with van der Waals surface area (Å²) in [5.74, 6) is 0. The van der Waals surface area contributed by atoms with Crippen molar-refractivity contribution in [1.29, 1.82) is 0 Å². The zero-order valence-electron chi connectivity index (χ0n) is 9.84. The lowest BCUT2D eigenvalue weighted by molar-refractivity contribution is -0.719. The van der Waals surface area contributed by atoms with E-state index in [4.69, 9.17) is 0 Å². The topological polar surface area (TPSA) is 16.8 Å². The Morgan fingerprint density at radius 3 is 2.82 bits per heavy atom. The Morgan fingerprint density at radius 1 is 1.18 bits per heavy atom. The van der Waals surface area contributed by atoms with Gasteiger partial charge in [-0.1, -0.05) is 22.9 Å². The van der Waals surface area contributed by atoms with Crippen LogP contribution in [0.15, 0.2) is 41.9 Å². The van der Waals surface area contributed by atoms with Gasteiger partial charge in [0.1, 0.15) is 10.9 Å². The van der Waals surface area contributed by atoms with Gasteiger partial charge in [0, 0.05) is 5.39 Å². The van der Waals surface area contributed by atoms with E-state index in [1.54, 1.807) is 11.3 Å². The predicted octanol–water partition coefficient (Wildman–Crippen LogP) is 3.10. The number of fused-ring (bicyclic) bond motifs is 1. The van der Waals surface area contributed by atoms with Crippen molar-refractivity contribution in [2.75, 3.05) is 0 Å². The number of benzene rings is 1. The Hall–Kier alpha value is -1.74. The van der Waals surface area contributed by atoms with Crippen molar-refractivity contribution in [2.24, 2.45) is 7.05 Å². The molecule has 0 aliphatic rings. The molecule has 0 radical (unpaired) electrons. The lowest BCUT2D eigenvalue weighted by Gasteiger charge is -2.03. The Labute approximate surface area is 104 Å². The average Bonchev–Trinajstić information content (AvgIpc) is 2.79. The zero-order valence-corrected chi connectivity index (χ0v) is 10.7. The summed E-state index contributed by atoms with van der Waals surface area (Å²) in [5.41, 5.74) is 3.75. The zero-order chi connectivity index (χ0) is 11.8. The monoisotopic (exact) mass is 241 g/mol. The van der Waals surface area contributed by atoms with Crippen LogP contribution < -0.4 is 4.68 Å². The molecule has 2 heterocycles. The van der Waals surface area contributed by atoms with Crippen molar-refractivity contribution in [1.82, 2.24) is 5.10 Å². The van der Waals surface area contributed by atoms with E-state index >= 15 is 0 Å². The summed E-state index contributed by atoms with van der Waals surface area (Å²) in [6.45, 7) is 2.14. The fourth-order valence-corrected chi connectivity index (χ4v) is 3.06. The summed E-state index contributed by atoms with van der Waals surface area (Å²) in [5, 5.41) is 7.75. The van der Waals surface area contributed by atoms with Gasteiger partial charge in [0.2, 0.25) is 0 Å². The molecule has 3 heteroatoms. The van der Waals surface area contributed by atoms with Crippen LogP contribution in [-0.4, -0.2) is 5.10 Å². The normalized spacial score (nSPS) is 10.9. The summed E-state index contributed by atoms with van der Waals surface area (Å²) >= 11 is 1.77. The molecule has 0 atom stereocenters. The lowest BCUT2D eigenvalue weighted by Crippen LogP contribution is -2.35. The lowest BCUT2D eigenvalue weighted by atomic mass is 10.0. The van der Waals surface area contributed by atoms with Crippen molar-refractivity contribution < 1.29 is 4.68 Å². The smallest absolute Gasteiger partial charge is 0.137 e. The van der Waals surface area contributed by atoms with Gasteiger partial charge in [-0.15, -0.1) is 11.3 Å². The van der Waals surface area contributed by atoms with Gasteiger partial charge in [0.25, 0.3) is 5.69 Å². The molecule has 1 aromatic carbocycles. The van der Waals surface area contributed by atoms with Gasteiger partial charge in [-0.2, -0.15) is 0 Å². The van der Waals surface area contributed by atoms with Crippen molar-refractivity contribution in [3.05, 3.63) is 47.5 Å². The van der Waals surface area contributed by atoms with E-state index in [1.807, 2.05) is 17.9 Å². The molecule has 0 spiro atoms. The second-order valence-electron chi connectivity index (χ2n) is 4.14. The predicted molar refractivity (Wildman–Crippen MR) is 71.0 cm³/mol. The van der Waals surface area contributed by atoms with Crippen LogP contribution in [0.25, 0.3) is 21.3 Å². The molecule has 0 fully saturated rings. The third-order valence-electron chi connectivity index (χ3n) is 3.00. The van der Waals surface area contributed by atoms with Crippen LogP contribution in [0, 0.1) is 6.92 Å². The second-order valence-corrected chi connectivity index (χ2v) is 5.05. The molecule has 0 aliphatic carbocycles. The van der Waals surface area contributed by atoms with Crippen LogP contribution in [0.3, 0.4) is 0 Å². The maximum Gasteiger partial charge on any atom is 0.256 e. The van der Waals surface area contributed by atoms with Gasteiger partial charge in [0.15, 0.2) is 7.05 Å². The van der Waals surface area contributed by atoms with Gasteiger partial charge < -0.3 is 0 Å². The summed E-state index contributed by atoms with van der Waals surface area (Å²) in [4.78, 5) is 0. The molecule has 2 nitrogen and oxygen atoms in total. The van der Waals surface area contributed by atoms with Crippen LogP contribution in [-0.2, 0) is 7.05 Å². The molecule has 3 aromatic rings. The molecule has 0 aliphatic heterocycles. The SMILES string of the molecule is Cc1ccccc1-c1c2sccc2cn[n+]1C. The molecule has 0 unspecified atom stereocenters. The van der Waals surface area contributed by atoms with E-state index in [0.29, 0.717) is 0 Å². The highest BCUT2D eigenvalue weighted by atomic mass is 32.1. The Morgan fingerprint density at radius 2 is 2.00 bits per heavy atom. The standard InChI is InChI=1S/C14H13N2S/c1-10-5-3-4-6-12(10)13-14-11(7-8-17-14)9-15-16(13)2/h3-9H,1-2H3/q+1. The van der Waals surface area contributed by atoms with Gasteiger partial charge in [-0.05, 0) is 35.1 Å². The van der Waals surface area contributed by atoms with Crippen LogP contribution in [0.5, 0.6) is 0 Å². The molecule has 0 N–H and O–H groups in total. The molecular formula is C14H13N2S+.